The van der Waals surface area contributed by atoms with Crippen molar-refractivity contribution >= 4 is 16.6 Å². The predicted molar refractivity (Wildman–Crippen MR) is 80.7 cm³/mol. The van der Waals surface area contributed by atoms with E-state index in [0.29, 0.717) is 18.5 Å². The second kappa shape index (κ2) is 5.44. The van der Waals surface area contributed by atoms with Gasteiger partial charge in [0.1, 0.15) is 0 Å². The first-order valence-corrected chi connectivity index (χ1v) is 7.07. The number of pyridine rings is 1. The molecule has 0 saturated heterocycles. The highest BCUT2D eigenvalue weighted by atomic mass is 16.1. The van der Waals surface area contributed by atoms with Gasteiger partial charge in [0.2, 0.25) is 0 Å². The maximum atomic E-state index is 12.0. The third-order valence-corrected chi connectivity index (χ3v) is 3.57. The fourth-order valence-electron chi connectivity index (χ4n) is 2.48. The number of hydrogen-bond acceptors (Lipinski definition) is 4. The first-order chi connectivity index (χ1) is 10.3. The fraction of sp³-hybridized carbons (Fsp3) is 0.250. The molecule has 0 radical (unpaired) electrons. The van der Waals surface area contributed by atoms with Gasteiger partial charge < -0.3 is 0 Å². The van der Waals surface area contributed by atoms with E-state index < -0.39 is 0 Å². The van der Waals surface area contributed by atoms with Crippen LogP contribution in [0.4, 0.5) is 0 Å². The van der Waals surface area contributed by atoms with Gasteiger partial charge in [0.15, 0.2) is 11.5 Å². The lowest BCUT2D eigenvalue weighted by Gasteiger charge is -2.08. The van der Waals surface area contributed by atoms with Crippen LogP contribution in [-0.4, -0.2) is 25.8 Å². The molecular formula is C16H16N4O. The van der Waals surface area contributed by atoms with E-state index in [-0.39, 0.29) is 5.78 Å². The molecule has 0 aliphatic rings. The van der Waals surface area contributed by atoms with Crippen LogP contribution < -0.4 is 0 Å². The fourth-order valence-corrected chi connectivity index (χ4v) is 2.48. The monoisotopic (exact) mass is 280 g/mol. The molecule has 0 aliphatic carbocycles. The minimum absolute atomic E-state index is 0.0245. The van der Waals surface area contributed by atoms with E-state index in [0.717, 1.165) is 22.2 Å². The third kappa shape index (κ3) is 2.20. The van der Waals surface area contributed by atoms with Crippen LogP contribution in [0.1, 0.15) is 36.5 Å². The van der Waals surface area contributed by atoms with E-state index in [4.69, 9.17) is 0 Å². The zero-order chi connectivity index (χ0) is 14.8. The predicted octanol–water partition coefficient (Wildman–Crippen LogP) is 2.97. The number of hydrogen-bond donors (Lipinski definition) is 0. The first kappa shape index (κ1) is 13.4. The van der Waals surface area contributed by atoms with Gasteiger partial charge >= 0.3 is 0 Å². The van der Waals surface area contributed by atoms with E-state index in [1.54, 1.807) is 10.9 Å². The summed E-state index contributed by atoms with van der Waals surface area (Å²) in [7, 11) is 0. The highest BCUT2D eigenvalue weighted by Crippen LogP contribution is 2.23. The summed E-state index contributed by atoms with van der Waals surface area (Å²) in [6, 6.07) is 7.93. The highest BCUT2D eigenvalue weighted by molar-refractivity contribution is 5.95. The zero-order valence-electron chi connectivity index (χ0n) is 12.1. The molecule has 5 nitrogen and oxygen atoms in total. The Morgan fingerprint density at radius 3 is 2.86 bits per heavy atom. The summed E-state index contributed by atoms with van der Waals surface area (Å²) in [5.74, 6) is 0.0245. The molecule has 1 aromatic carbocycles. The number of ketones is 1. The third-order valence-electron chi connectivity index (χ3n) is 3.57. The molecule has 0 bridgehead atoms. The van der Waals surface area contributed by atoms with E-state index >= 15 is 0 Å². The molecule has 0 unspecified atom stereocenters. The minimum Gasteiger partial charge on any atom is -0.292 e. The Balaban J connectivity index is 2.24. The van der Waals surface area contributed by atoms with Crippen molar-refractivity contribution in [2.24, 2.45) is 0 Å². The van der Waals surface area contributed by atoms with Gasteiger partial charge in [-0.25, -0.2) is 4.68 Å². The van der Waals surface area contributed by atoms with Crippen molar-refractivity contribution in [3.8, 4) is 5.69 Å². The van der Waals surface area contributed by atoms with Gasteiger partial charge in [-0.1, -0.05) is 31.2 Å². The van der Waals surface area contributed by atoms with Gasteiger partial charge in [0.05, 0.1) is 11.4 Å². The summed E-state index contributed by atoms with van der Waals surface area (Å²) in [4.78, 5) is 16.2. The van der Waals surface area contributed by atoms with Crippen LogP contribution in [0.3, 0.4) is 0 Å². The molecule has 106 valence electrons. The molecule has 2 aromatic heterocycles. The van der Waals surface area contributed by atoms with Crippen molar-refractivity contribution in [1.82, 2.24) is 20.0 Å². The summed E-state index contributed by atoms with van der Waals surface area (Å²) in [6.07, 6.45) is 4.71. The number of rotatable bonds is 4. The number of benzene rings is 1. The summed E-state index contributed by atoms with van der Waals surface area (Å²) >= 11 is 0. The molecule has 3 rings (SSSR count). The average molecular weight is 280 g/mol. The Bertz CT molecular complexity index is 802. The maximum absolute atomic E-state index is 12.0. The Morgan fingerprint density at radius 2 is 2.10 bits per heavy atom. The lowest BCUT2D eigenvalue weighted by atomic mass is 10.1. The average Bonchev–Trinajstić information content (AvgIpc) is 2.97. The largest absolute Gasteiger partial charge is 0.292 e. The van der Waals surface area contributed by atoms with E-state index in [1.807, 2.05) is 44.3 Å². The number of fused-ring (bicyclic) bond motifs is 1. The maximum Gasteiger partial charge on any atom is 0.184 e. The van der Waals surface area contributed by atoms with Crippen LogP contribution in [0, 0.1) is 0 Å². The normalized spacial score (nSPS) is 11.0. The van der Waals surface area contributed by atoms with Gasteiger partial charge in [-0.3, -0.25) is 9.78 Å². The SMILES string of the molecule is CCC(=O)c1nnn(-c2cccc3ccncc23)c1CC. The van der Waals surface area contributed by atoms with Gasteiger partial charge in [0.25, 0.3) is 0 Å². The lowest BCUT2D eigenvalue weighted by molar-refractivity contribution is 0.0982. The summed E-state index contributed by atoms with van der Waals surface area (Å²) in [5, 5.41) is 10.4. The number of Topliss-reactive ketones (excluding diaryl/α,β-unsaturated/α-hetero) is 1. The molecule has 0 saturated carbocycles. The molecule has 0 aliphatic heterocycles. The summed E-state index contributed by atoms with van der Waals surface area (Å²) < 4.78 is 1.76. The molecular weight excluding hydrogens is 264 g/mol. The first-order valence-electron chi connectivity index (χ1n) is 7.07. The van der Waals surface area contributed by atoms with Crippen molar-refractivity contribution in [3.63, 3.8) is 0 Å². The number of carbonyl (C=O) groups excluding carboxylic acids is 1. The molecule has 21 heavy (non-hydrogen) atoms. The van der Waals surface area contributed by atoms with Gasteiger partial charge in [-0.2, -0.15) is 0 Å². The summed E-state index contributed by atoms with van der Waals surface area (Å²) in [6.45, 7) is 3.84. The van der Waals surface area contributed by atoms with Crippen LogP contribution in [-0.2, 0) is 6.42 Å². The van der Waals surface area contributed by atoms with Crippen molar-refractivity contribution in [2.45, 2.75) is 26.7 Å². The van der Waals surface area contributed by atoms with Crippen molar-refractivity contribution in [1.29, 1.82) is 0 Å². The molecule has 5 heteroatoms. The smallest absolute Gasteiger partial charge is 0.184 e. The highest BCUT2D eigenvalue weighted by Gasteiger charge is 2.18. The zero-order valence-corrected chi connectivity index (χ0v) is 12.1. The quantitative estimate of drug-likeness (QED) is 0.689. The van der Waals surface area contributed by atoms with E-state index in [2.05, 4.69) is 15.3 Å². The molecule has 0 atom stereocenters. The molecule has 2 heterocycles. The van der Waals surface area contributed by atoms with E-state index in [9.17, 15) is 4.79 Å². The van der Waals surface area contributed by atoms with Crippen LogP contribution >= 0.6 is 0 Å². The number of aromatic nitrogens is 4. The Kier molecular flexibility index (Phi) is 3.48. The molecule has 3 aromatic rings. The number of carbonyl (C=O) groups is 1. The molecule has 0 amide bonds. The van der Waals surface area contributed by atoms with Crippen molar-refractivity contribution < 1.29 is 4.79 Å². The van der Waals surface area contributed by atoms with E-state index in [1.165, 1.54) is 0 Å². The standard InChI is InChI=1S/C16H16N4O/c1-3-13-16(15(21)4-2)18-19-20(13)14-7-5-6-11-8-9-17-10-12(11)14/h5-10H,3-4H2,1-2H3. The molecule has 0 fully saturated rings. The Morgan fingerprint density at radius 1 is 1.24 bits per heavy atom. The Labute approximate surface area is 122 Å². The Hall–Kier alpha value is -2.56. The number of nitrogens with zero attached hydrogens (tertiary/aromatic N) is 4. The van der Waals surface area contributed by atoms with Crippen LogP contribution in [0.2, 0.25) is 0 Å². The van der Waals surface area contributed by atoms with Crippen LogP contribution in [0.25, 0.3) is 16.5 Å². The lowest BCUT2D eigenvalue weighted by Crippen LogP contribution is -2.06. The van der Waals surface area contributed by atoms with Crippen molar-refractivity contribution in [2.75, 3.05) is 0 Å². The molecule has 0 spiro atoms. The van der Waals surface area contributed by atoms with Crippen LogP contribution in [0.5, 0.6) is 0 Å². The summed E-state index contributed by atoms with van der Waals surface area (Å²) in [5.41, 5.74) is 2.22. The van der Waals surface area contributed by atoms with Gasteiger partial charge in [-0.05, 0) is 23.9 Å². The van der Waals surface area contributed by atoms with Crippen molar-refractivity contribution in [3.05, 3.63) is 48.0 Å². The topological polar surface area (TPSA) is 60.7 Å². The second-order valence-electron chi connectivity index (χ2n) is 4.80. The van der Waals surface area contributed by atoms with Gasteiger partial charge in [-0.15, -0.1) is 5.10 Å². The second-order valence-corrected chi connectivity index (χ2v) is 4.80. The van der Waals surface area contributed by atoms with Crippen LogP contribution in [0.15, 0.2) is 36.7 Å². The molecule has 0 N–H and O–H groups in total. The van der Waals surface area contributed by atoms with Gasteiger partial charge in [0, 0.05) is 24.2 Å². The minimum atomic E-state index is 0.0245.